The van der Waals surface area contributed by atoms with Gasteiger partial charge >= 0.3 is 0 Å². The maximum atomic E-state index is 4.58. The number of aryl methyl sites for hydroxylation is 1. The van der Waals surface area contributed by atoms with Gasteiger partial charge in [-0.05, 0) is 13.0 Å². The number of anilines is 2. The molecule has 0 atom stereocenters. The topological polar surface area (TPSA) is 75.6 Å². The van der Waals surface area contributed by atoms with Gasteiger partial charge in [0.15, 0.2) is 0 Å². The van der Waals surface area contributed by atoms with Crippen molar-refractivity contribution < 1.29 is 0 Å². The summed E-state index contributed by atoms with van der Waals surface area (Å²) in [6.45, 7) is 8.77. The van der Waals surface area contributed by atoms with Crippen LogP contribution in [-0.2, 0) is 12.0 Å². The molecule has 0 aliphatic rings. The SMILES string of the molecule is CNc1cc(NCc2ccnc(C)n2)nc(C(C)(C)C)n1. The lowest BCUT2D eigenvalue weighted by atomic mass is 9.96. The molecular formula is C15H22N6. The fourth-order valence-electron chi connectivity index (χ4n) is 1.79. The minimum absolute atomic E-state index is 0.102. The van der Waals surface area contributed by atoms with Gasteiger partial charge in [0.1, 0.15) is 23.3 Å². The van der Waals surface area contributed by atoms with Crippen LogP contribution in [0.5, 0.6) is 0 Å². The average Bonchev–Trinajstić information content (AvgIpc) is 2.44. The van der Waals surface area contributed by atoms with E-state index in [1.807, 2.05) is 26.1 Å². The second kappa shape index (κ2) is 6.03. The van der Waals surface area contributed by atoms with E-state index in [1.165, 1.54) is 0 Å². The zero-order chi connectivity index (χ0) is 15.5. The first-order valence-electron chi connectivity index (χ1n) is 6.98. The largest absolute Gasteiger partial charge is 0.373 e. The molecule has 0 aliphatic heterocycles. The van der Waals surface area contributed by atoms with Crippen LogP contribution in [0.1, 0.15) is 38.1 Å². The molecule has 2 aromatic rings. The highest BCUT2D eigenvalue weighted by molar-refractivity contribution is 5.48. The Bertz CT molecular complexity index is 618. The summed E-state index contributed by atoms with van der Waals surface area (Å²) < 4.78 is 0. The molecule has 0 aliphatic carbocycles. The lowest BCUT2D eigenvalue weighted by Gasteiger charge is -2.18. The summed E-state index contributed by atoms with van der Waals surface area (Å²) in [5.41, 5.74) is 0.832. The highest BCUT2D eigenvalue weighted by Gasteiger charge is 2.18. The Morgan fingerprint density at radius 2 is 1.81 bits per heavy atom. The molecule has 6 nitrogen and oxygen atoms in total. The zero-order valence-electron chi connectivity index (χ0n) is 13.2. The summed E-state index contributed by atoms with van der Waals surface area (Å²) >= 11 is 0. The van der Waals surface area contributed by atoms with Crippen LogP contribution in [0.4, 0.5) is 11.6 Å². The lowest BCUT2D eigenvalue weighted by molar-refractivity contribution is 0.546. The fraction of sp³-hybridized carbons (Fsp3) is 0.467. The first kappa shape index (κ1) is 15.2. The monoisotopic (exact) mass is 286 g/mol. The molecule has 112 valence electrons. The van der Waals surface area contributed by atoms with Crippen LogP contribution in [-0.4, -0.2) is 27.0 Å². The second-order valence-corrected chi connectivity index (χ2v) is 5.91. The van der Waals surface area contributed by atoms with Gasteiger partial charge < -0.3 is 10.6 Å². The Labute approximate surface area is 125 Å². The molecule has 2 N–H and O–H groups in total. The summed E-state index contributed by atoms with van der Waals surface area (Å²) in [6.07, 6.45) is 1.76. The van der Waals surface area contributed by atoms with Crippen LogP contribution in [0, 0.1) is 6.92 Å². The highest BCUT2D eigenvalue weighted by atomic mass is 15.1. The van der Waals surface area contributed by atoms with Gasteiger partial charge in [-0.2, -0.15) is 0 Å². The van der Waals surface area contributed by atoms with Crippen LogP contribution in [0.3, 0.4) is 0 Å². The Morgan fingerprint density at radius 3 is 2.43 bits per heavy atom. The van der Waals surface area contributed by atoms with Gasteiger partial charge in [-0.15, -0.1) is 0 Å². The summed E-state index contributed by atoms with van der Waals surface area (Å²) in [5.74, 6) is 3.16. The Morgan fingerprint density at radius 1 is 1.10 bits per heavy atom. The van der Waals surface area contributed by atoms with E-state index in [1.54, 1.807) is 6.20 Å². The number of aromatic nitrogens is 4. The van der Waals surface area contributed by atoms with E-state index < -0.39 is 0 Å². The molecule has 6 heteroatoms. The standard InChI is InChI=1S/C15H22N6/c1-10-17-7-6-11(19-10)9-18-13-8-12(16-5)20-14(21-13)15(2,3)4/h6-8H,9H2,1-5H3,(H2,16,18,20,21). The summed E-state index contributed by atoms with van der Waals surface area (Å²) in [4.78, 5) is 17.6. The molecule has 0 saturated heterocycles. The minimum Gasteiger partial charge on any atom is -0.373 e. The highest BCUT2D eigenvalue weighted by Crippen LogP contribution is 2.22. The van der Waals surface area contributed by atoms with Crippen molar-refractivity contribution in [2.45, 2.75) is 39.7 Å². The van der Waals surface area contributed by atoms with E-state index >= 15 is 0 Å². The van der Waals surface area contributed by atoms with Crippen molar-refractivity contribution in [3.63, 3.8) is 0 Å². The van der Waals surface area contributed by atoms with Crippen LogP contribution in [0.25, 0.3) is 0 Å². The molecule has 0 radical (unpaired) electrons. The third kappa shape index (κ3) is 4.11. The maximum Gasteiger partial charge on any atom is 0.138 e. The molecule has 0 aromatic carbocycles. The van der Waals surface area contributed by atoms with Crippen molar-refractivity contribution in [2.24, 2.45) is 0 Å². The van der Waals surface area contributed by atoms with Gasteiger partial charge in [0.2, 0.25) is 0 Å². The number of nitrogens with zero attached hydrogens (tertiary/aromatic N) is 4. The molecule has 0 unspecified atom stereocenters. The molecule has 0 spiro atoms. The molecule has 0 amide bonds. The van der Waals surface area contributed by atoms with Crippen LogP contribution in [0.2, 0.25) is 0 Å². The van der Waals surface area contributed by atoms with Gasteiger partial charge in [0.25, 0.3) is 0 Å². The van der Waals surface area contributed by atoms with Gasteiger partial charge in [-0.3, -0.25) is 0 Å². The van der Waals surface area contributed by atoms with Crippen LogP contribution >= 0.6 is 0 Å². The Kier molecular flexibility index (Phi) is 4.35. The number of hydrogen-bond donors (Lipinski definition) is 2. The van der Waals surface area contributed by atoms with E-state index in [2.05, 4.69) is 51.3 Å². The van der Waals surface area contributed by atoms with Gasteiger partial charge in [0, 0.05) is 24.7 Å². The quantitative estimate of drug-likeness (QED) is 0.899. The zero-order valence-corrected chi connectivity index (χ0v) is 13.2. The van der Waals surface area contributed by atoms with Crippen LogP contribution in [0.15, 0.2) is 18.3 Å². The normalized spacial score (nSPS) is 11.3. The van der Waals surface area contributed by atoms with Crippen molar-refractivity contribution >= 4 is 11.6 Å². The molecule has 2 aromatic heterocycles. The minimum atomic E-state index is -0.102. The maximum absolute atomic E-state index is 4.58. The van der Waals surface area contributed by atoms with E-state index in [-0.39, 0.29) is 5.41 Å². The van der Waals surface area contributed by atoms with Crippen molar-refractivity contribution in [3.8, 4) is 0 Å². The number of rotatable bonds is 4. The molecule has 0 fully saturated rings. The smallest absolute Gasteiger partial charge is 0.138 e. The summed E-state index contributed by atoms with van der Waals surface area (Å²) in [6, 6.07) is 3.79. The van der Waals surface area contributed by atoms with Crippen molar-refractivity contribution in [2.75, 3.05) is 17.7 Å². The molecule has 0 bridgehead atoms. The molecule has 21 heavy (non-hydrogen) atoms. The van der Waals surface area contributed by atoms with E-state index in [0.29, 0.717) is 6.54 Å². The number of nitrogens with one attached hydrogen (secondary N) is 2. The van der Waals surface area contributed by atoms with Crippen molar-refractivity contribution in [1.82, 2.24) is 19.9 Å². The first-order valence-corrected chi connectivity index (χ1v) is 6.98. The second-order valence-electron chi connectivity index (χ2n) is 5.91. The van der Waals surface area contributed by atoms with Crippen molar-refractivity contribution in [1.29, 1.82) is 0 Å². The predicted molar refractivity (Wildman–Crippen MR) is 84.4 cm³/mol. The van der Waals surface area contributed by atoms with E-state index in [4.69, 9.17) is 0 Å². The van der Waals surface area contributed by atoms with Gasteiger partial charge in [0.05, 0.1) is 12.2 Å². The first-order chi connectivity index (χ1) is 9.88. The van der Waals surface area contributed by atoms with Gasteiger partial charge in [-0.25, -0.2) is 19.9 Å². The Hall–Kier alpha value is -2.24. The van der Waals surface area contributed by atoms with E-state index in [9.17, 15) is 0 Å². The predicted octanol–water partition coefficient (Wildman–Crippen LogP) is 2.53. The van der Waals surface area contributed by atoms with Crippen molar-refractivity contribution in [3.05, 3.63) is 35.7 Å². The average molecular weight is 286 g/mol. The third-order valence-electron chi connectivity index (χ3n) is 2.94. The summed E-state index contributed by atoms with van der Waals surface area (Å²) in [5, 5.41) is 6.36. The molecular weight excluding hydrogens is 264 g/mol. The fourth-order valence-corrected chi connectivity index (χ4v) is 1.79. The lowest BCUT2D eigenvalue weighted by Crippen LogP contribution is -2.18. The van der Waals surface area contributed by atoms with Gasteiger partial charge in [-0.1, -0.05) is 20.8 Å². The third-order valence-corrected chi connectivity index (χ3v) is 2.94. The van der Waals surface area contributed by atoms with Crippen LogP contribution < -0.4 is 10.6 Å². The van der Waals surface area contributed by atoms with E-state index in [0.717, 1.165) is 29.0 Å². The molecule has 0 saturated carbocycles. The summed E-state index contributed by atoms with van der Waals surface area (Å²) in [7, 11) is 1.85. The Balaban J connectivity index is 2.19. The molecule has 2 heterocycles. The molecule has 2 rings (SSSR count). The number of hydrogen-bond acceptors (Lipinski definition) is 6.